The largest absolute Gasteiger partial charge is 0.316 e. The molecule has 14 heavy (non-hydrogen) atoms. The molecule has 0 amide bonds. The van der Waals surface area contributed by atoms with E-state index in [-0.39, 0.29) is 5.82 Å². The van der Waals surface area contributed by atoms with Gasteiger partial charge in [-0.3, -0.25) is 0 Å². The van der Waals surface area contributed by atoms with E-state index in [0.29, 0.717) is 5.92 Å². The number of halogens is 1. The second kappa shape index (κ2) is 4.56. The van der Waals surface area contributed by atoms with Gasteiger partial charge in [0.25, 0.3) is 0 Å². The molecule has 1 N–H and O–H groups in total. The summed E-state index contributed by atoms with van der Waals surface area (Å²) in [4.78, 5) is 0. The fourth-order valence-corrected chi connectivity index (χ4v) is 2.10. The lowest BCUT2D eigenvalue weighted by Crippen LogP contribution is -2.30. The van der Waals surface area contributed by atoms with E-state index in [1.54, 1.807) is 12.1 Å². The fourth-order valence-electron chi connectivity index (χ4n) is 2.10. The Balaban J connectivity index is 1.95. The van der Waals surface area contributed by atoms with E-state index >= 15 is 0 Å². The standard InChI is InChI=1S/C12H16FN/c13-12-5-1-3-10(8-12)7-11-4-2-6-14-9-11/h1,3,5,8,11,14H,2,4,6-7,9H2/t11-/m0/s1. The van der Waals surface area contributed by atoms with Crippen LogP contribution in [-0.2, 0) is 6.42 Å². The molecule has 1 aromatic rings. The van der Waals surface area contributed by atoms with Gasteiger partial charge < -0.3 is 5.32 Å². The highest BCUT2D eigenvalue weighted by atomic mass is 19.1. The summed E-state index contributed by atoms with van der Waals surface area (Å²) in [6, 6.07) is 6.95. The van der Waals surface area contributed by atoms with Crippen molar-refractivity contribution in [3.05, 3.63) is 35.6 Å². The molecule has 1 aromatic carbocycles. The summed E-state index contributed by atoms with van der Waals surface area (Å²) in [7, 11) is 0. The maximum atomic E-state index is 12.9. The van der Waals surface area contributed by atoms with Gasteiger partial charge in [0.15, 0.2) is 0 Å². The van der Waals surface area contributed by atoms with Crippen LogP contribution >= 0.6 is 0 Å². The Morgan fingerprint density at radius 3 is 3.07 bits per heavy atom. The summed E-state index contributed by atoms with van der Waals surface area (Å²) in [6.07, 6.45) is 3.52. The van der Waals surface area contributed by atoms with Crippen LogP contribution in [0.5, 0.6) is 0 Å². The minimum atomic E-state index is -0.119. The molecule has 2 rings (SSSR count). The molecule has 1 fully saturated rings. The van der Waals surface area contributed by atoms with E-state index in [4.69, 9.17) is 0 Å². The fraction of sp³-hybridized carbons (Fsp3) is 0.500. The van der Waals surface area contributed by atoms with Crippen LogP contribution < -0.4 is 5.32 Å². The van der Waals surface area contributed by atoms with Crippen molar-refractivity contribution < 1.29 is 4.39 Å². The Kier molecular flexibility index (Phi) is 3.14. The minimum Gasteiger partial charge on any atom is -0.316 e. The maximum Gasteiger partial charge on any atom is 0.123 e. The van der Waals surface area contributed by atoms with Gasteiger partial charge in [0.05, 0.1) is 0 Å². The molecule has 0 saturated carbocycles. The van der Waals surface area contributed by atoms with Crippen molar-refractivity contribution >= 4 is 0 Å². The zero-order chi connectivity index (χ0) is 9.80. The molecule has 1 aliphatic rings. The predicted octanol–water partition coefficient (Wildman–Crippen LogP) is 2.37. The molecule has 1 aliphatic heterocycles. The average Bonchev–Trinajstić information content (AvgIpc) is 2.19. The van der Waals surface area contributed by atoms with Gasteiger partial charge in [-0.15, -0.1) is 0 Å². The van der Waals surface area contributed by atoms with Crippen LogP contribution in [0, 0.1) is 11.7 Å². The molecule has 0 spiro atoms. The highest BCUT2D eigenvalue weighted by Gasteiger charge is 2.13. The van der Waals surface area contributed by atoms with Crippen molar-refractivity contribution in [3.8, 4) is 0 Å². The number of benzene rings is 1. The molecule has 1 heterocycles. The van der Waals surface area contributed by atoms with Gasteiger partial charge in [-0.1, -0.05) is 12.1 Å². The van der Waals surface area contributed by atoms with Crippen molar-refractivity contribution in [1.82, 2.24) is 5.32 Å². The van der Waals surface area contributed by atoms with Gasteiger partial charge in [0, 0.05) is 0 Å². The van der Waals surface area contributed by atoms with E-state index in [2.05, 4.69) is 5.32 Å². The van der Waals surface area contributed by atoms with E-state index < -0.39 is 0 Å². The minimum absolute atomic E-state index is 0.119. The molecule has 0 bridgehead atoms. The van der Waals surface area contributed by atoms with Crippen molar-refractivity contribution in [2.75, 3.05) is 13.1 Å². The third kappa shape index (κ3) is 2.55. The second-order valence-corrected chi connectivity index (χ2v) is 4.05. The zero-order valence-corrected chi connectivity index (χ0v) is 8.30. The summed E-state index contributed by atoms with van der Waals surface area (Å²) in [5, 5.41) is 3.38. The first-order valence-electron chi connectivity index (χ1n) is 5.30. The molecule has 0 unspecified atom stereocenters. The van der Waals surface area contributed by atoms with E-state index in [0.717, 1.165) is 25.1 Å². The van der Waals surface area contributed by atoms with Crippen molar-refractivity contribution in [2.45, 2.75) is 19.3 Å². The Bertz CT molecular complexity index is 292. The van der Waals surface area contributed by atoms with Crippen molar-refractivity contribution in [3.63, 3.8) is 0 Å². The molecule has 2 heteroatoms. The lowest BCUT2D eigenvalue weighted by molar-refractivity contribution is 0.375. The van der Waals surface area contributed by atoms with Crippen LogP contribution in [0.4, 0.5) is 4.39 Å². The van der Waals surface area contributed by atoms with Crippen LogP contribution in [0.25, 0.3) is 0 Å². The van der Waals surface area contributed by atoms with Gasteiger partial charge in [-0.2, -0.15) is 0 Å². The Morgan fingerprint density at radius 2 is 2.36 bits per heavy atom. The normalized spacial score (nSPS) is 22.2. The van der Waals surface area contributed by atoms with E-state index in [1.165, 1.54) is 18.9 Å². The summed E-state index contributed by atoms with van der Waals surface area (Å²) in [5.41, 5.74) is 1.12. The van der Waals surface area contributed by atoms with Gasteiger partial charge in [0.2, 0.25) is 0 Å². The van der Waals surface area contributed by atoms with Gasteiger partial charge >= 0.3 is 0 Å². The van der Waals surface area contributed by atoms with Crippen LogP contribution in [0.2, 0.25) is 0 Å². The Hall–Kier alpha value is -0.890. The topological polar surface area (TPSA) is 12.0 Å². The number of nitrogens with one attached hydrogen (secondary N) is 1. The third-order valence-electron chi connectivity index (χ3n) is 2.81. The predicted molar refractivity (Wildman–Crippen MR) is 55.7 cm³/mol. The Labute approximate surface area is 84.3 Å². The molecular formula is C12H16FN. The first-order valence-corrected chi connectivity index (χ1v) is 5.30. The van der Waals surface area contributed by atoms with Gasteiger partial charge in [-0.25, -0.2) is 4.39 Å². The first-order chi connectivity index (χ1) is 6.84. The lowest BCUT2D eigenvalue weighted by atomic mass is 9.92. The van der Waals surface area contributed by atoms with Crippen molar-refractivity contribution in [1.29, 1.82) is 0 Å². The molecular weight excluding hydrogens is 177 g/mol. The molecule has 1 nitrogen and oxygen atoms in total. The quantitative estimate of drug-likeness (QED) is 0.760. The highest BCUT2D eigenvalue weighted by Crippen LogP contribution is 2.16. The number of rotatable bonds is 2. The summed E-state index contributed by atoms with van der Waals surface area (Å²) in [6.45, 7) is 2.22. The lowest BCUT2D eigenvalue weighted by Gasteiger charge is -2.22. The second-order valence-electron chi connectivity index (χ2n) is 4.05. The molecule has 0 aliphatic carbocycles. The van der Waals surface area contributed by atoms with Crippen LogP contribution in [0.3, 0.4) is 0 Å². The number of hydrogen-bond acceptors (Lipinski definition) is 1. The van der Waals surface area contributed by atoms with Crippen molar-refractivity contribution in [2.24, 2.45) is 5.92 Å². The molecule has 76 valence electrons. The number of piperidine rings is 1. The average molecular weight is 193 g/mol. The molecule has 0 aromatic heterocycles. The van der Waals surface area contributed by atoms with E-state index in [9.17, 15) is 4.39 Å². The molecule has 1 atom stereocenters. The summed E-state index contributed by atoms with van der Waals surface area (Å²) in [5.74, 6) is 0.566. The molecule has 0 radical (unpaired) electrons. The maximum absolute atomic E-state index is 12.9. The number of hydrogen-bond donors (Lipinski definition) is 1. The molecule has 1 saturated heterocycles. The Morgan fingerprint density at radius 1 is 1.43 bits per heavy atom. The van der Waals surface area contributed by atoms with Gasteiger partial charge in [0.1, 0.15) is 5.82 Å². The third-order valence-corrected chi connectivity index (χ3v) is 2.81. The SMILES string of the molecule is Fc1cccc(C[C@@H]2CCCNC2)c1. The zero-order valence-electron chi connectivity index (χ0n) is 8.30. The monoisotopic (exact) mass is 193 g/mol. The summed E-state index contributed by atoms with van der Waals surface area (Å²) < 4.78 is 12.9. The van der Waals surface area contributed by atoms with Crippen LogP contribution in [0.1, 0.15) is 18.4 Å². The van der Waals surface area contributed by atoms with E-state index in [1.807, 2.05) is 6.07 Å². The first kappa shape index (κ1) is 9.66. The van der Waals surface area contributed by atoms with Gasteiger partial charge in [-0.05, 0) is 56.0 Å². The van der Waals surface area contributed by atoms with Crippen LogP contribution in [0.15, 0.2) is 24.3 Å². The van der Waals surface area contributed by atoms with Crippen LogP contribution in [-0.4, -0.2) is 13.1 Å². The summed E-state index contributed by atoms with van der Waals surface area (Å²) >= 11 is 0. The smallest absolute Gasteiger partial charge is 0.123 e. The highest BCUT2D eigenvalue weighted by molar-refractivity contribution is 5.17.